The highest BCUT2D eigenvalue weighted by atomic mass is 16.5. The first-order chi connectivity index (χ1) is 11.6. The summed E-state index contributed by atoms with van der Waals surface area (Å²) in [6, 6.07) is 4.94. The lowest BCUT2D eigenvalue weighted by molar-refractivity contribution is -0.144. The Bertz CT molecular complexity index is 684. The maximum absolute atomic E-state index is 12.8. The number of carbonyl (C=O) groups is 2. The molecule has 1 amide bonds. The van der Waals surface area contributed by atoms with Crippen LogP contribution < -0.4 is 9.47 Å². The molecule has 3 rings (SSSR count). The summed E-state index contributed by atoms with van der Waals surface area (Å²) in [6.07, 6.45) is 1.64. The van der Waals surface area contributed by atoms with E-state index in [0.717, 1.165) is 5.56 Å². The monoisotopic (exact) mass is 333 g/mol. The first kappa shape index (κ1) is 16.3. The zero-order valence-corrected chi connectivity index (χ0v) is 13.4. The standard InChI is InChI=1S/C17H19NO6/c1-22-14-2-3-15-11(7-14)6-12(9-24-15)17(21)18-4-5-23-10-13(18)8-16(19)20/h2-3,6-7,13H,4-5,8-10H2,1H3,(H,19,20). The van der Waals surface area contributed by atoms with E-state index in [9.17, 15) is 9.59 Å². The summed E-state index contributed by atoms with van der Waals surface area (Å²) in [5.41, 5.74) is 1.26. The van der Waals surface area contributed by atoms with Gasteiger partial charge in [0.25, 0.3) is 5.91 Å². The fourth-order valence-electron chi connectivity index (χ4n) is 2.88. The molecule has 2 aliphatic rings. The summed E-state index contributed by atoms with van der Waals surface area (Å²) in [4.78, 5) is 25.4. The van der Waals surface area contributed by atoms with E-state index in [0.29, 0.717) is 30.2 Å². The van der Waals surface area contributed by atoms with Crippen molar-refractivity contribution in [3.05, 3.63) is 29.3 Å². The molecular weight excluding hydrogens is 314 g/mol. The minimum atomic E-state index is -0.952. The molecule has 1 atom stereocenters. The zero-order valence-electron chi connectivity index (χ0n) is 13.4. The third kappa shape index (κ3) is 3.35. The third-order valence-corrected chi connectivity index (χ3v) is 4.10. The van der Waals surface area contributed by atoms with Gasteiger partial charge in [-0.3, -0.25) is 9.59 Å². The molecule has 7 nitrogen and oxygen atoms in total. The number of carbonyl (C=O) groups excluding carboxylic acids is 1. The van der Waals surface area contributed by atoms with Gasteiger partial charge in [-0.2, -0.15) is 0 Å². The van der Waals surface area contributed by atoms with Crippen molar-refractivity contribution in [3.63, 3.8) is 0 Å². The molecule has 128 valence electrons. The molecule has 0 saturated carbocycles. The second-order valence-corrected chi connectivity index (χ2v) is 5.69. The second-order valence-electron chi connectivity index (χ2n) is 5.69. The van der Waals surface area contributed by atoms with Gasteiger partial charge in [0.15, 0.2) is 0 Å². The highest BCUT2D eigenvalue weighted by Gasteiger charge is 2.32. The van der Waals surface area contributed by atoms with Crippen LogP contribution in [0.3, 0.4) is 0 Å². The topological polar surface area (TPSA) is 85.3 Å². The molecule has 1 unspecified atom stereocenters. The molecule has 2 heterocycles. The predicted molar refractivity (Wildman–Crippen MR) is 85.0 cm³/mol. The molecule has 1 saturated heterocycles. The molecule has 1 aromatic carbocycles. The summed E-state index contributed by atoms with van der Waals surface area (Å²) in [5, 5.41) is 9.02. The van der Waals surface area contributed by atoms with Gasteiger partial charge in [-0.25, -0.2) is 0 Å². The summed E-state index contributed by atoms with van der Waals surface area (Å²) in [7, 11) is 1.57. The molecule has 1 N–H and O–H groups in total. The zero-order chi connectivity index (χ0) is 17.1. The summed E-state index contributed by atoms with van der Waals surface area (Å²) in [6.45, 7) is 1.17. The number of hydrogen-bond donors (Lipinski definition) is 1. The highest BCUT2D eigenvalue weighted by Crippen LogP contribution is 2.30. The quantitative estimate of drug-likeness (QED) is 0.890. The van der Waals surface area contributed by atoms with Crippen LogP contribution in [-0.4, -0.2) is 61.4 Å². The Hall–Kier alpha value is -2.54. The van der Waals surface area contributed by atoms with Gasteiger partial charge >= 0.3 is 5.97 Å². The number of methoxy groups -OCH3 is 1. The second kappa shape index (κ2) is 6.92. The Morgan fingerprint density at radius 2 is 2.25 bits per heavy atom. The van der Waals surface area contributed by atoms with Gasteiger partial charge in [0.2, 0.25) is 0 Å². The Morgan fingerprint density at radius 3 is 3.00 bits per heavy atom. The Balaban J connectivity index is 1.83. The van der Waals surface area contributed by atoms with Crippen LogP contribution in [0.4, 0.5) is 0 Å². The molecule has 0 spiro atoms. The number of amides is 1. The number of benzene rings is 1. The van der Waals surface area contributed by atoms with Crippen molar-refractivity contribution in [2.75, 3.05) is 33.5 Å². The summed E-state index contributed by atoms with van der Waals surface area (Å²) < 4.78 is 16.1. The smallest absolute Gasteiger partial charge is 0.305 e. The number of carboxylic acid groups (broad SMARTS) is 1. The van der Waals surface area contributed by atoms with E-state index in [-0.39, 0.29) is 25.5 Å². The third-order valence-electron chi connectivity index (χ3n) is 4.10. The van der Waals surface area contributed by atoms with E-state index in [4.69, 9.17) is 19.3 Å². The van der Waals surface area contributed by atoms with Gasteiger partial charge < -0.3 is 24.2 Å². The van der Waals surface area contributed by atoms with Crippen molar-refractivity contribution in [3.8, 4) is 11.5 Å². The van der Waals surface area contributed by atoms with Gasteiger partial charge in [-0.15, -0.1) is 0 Å². The lowest BCUT2D eigenvalue weighted by Gasteiger charge is -2.35. The summed E-state index contributed by atoms with van der Waals surface area (Å²) >= 11 is 0. The molecule has 0 bridgehead atoms. The van der Waals surface area contributed by atoms with Crippen molar-refractivity contribution >= 4 is 18.0 Å². The number of hydrogen-bond acceptors (Lipinski definition) is 5. The largest absolute Gasteiger partial charge is 0.497 e. The number of morpholine rings is 1. The summed E-state index contributed by atoms with van der Waals surface area (Å²) in [5.74, 6) is 0.208. The lowest BCUT2D eigenvalue weighted by Crippen LogP contribution is -2.50. The lowest BCUT2D eigenvalue weighted by atomic mass is 10.0. The van der Waals surface area contributed by atoms with Crippen LogP contribution in [0, 0.1) is 0 Å². The Labute approximate surface area is 139 Å². The maximum atomic E-state index is 12.8. The molecule has 0 radical (unpaired) electrons. The van der Waals surface area contributed by atoms with E-state index in [1.165, 1.54) is 0 Å². The minimum Gasteiger partial charge on any atom is -0.497 e. The first-order valence-corrected chi connectivity index (χ1v) is 7.70. The fourth-order valence-corrected chi connectivity index (χ4v) is 2.88. The average Bonchev–Trinajstić information content (AvgIpc) is 2.60. The fraction of sp³-hybridized carbons (Fsp3) is 0.412. The van der Waals surface area contributed by atoms with E-state index in [2.05, 4.69) is 0 Å². The van der Waals surface area contributed by atoms with Crippen LogP contribution in [0.15, 0.2) is 23.8 Å². The SMILES string of the molecule is COc1ccc2c(c1)C=C(C(=O)N1CCOCC1CC(=O)O)CO2. The van der Waals surface area contributed by atoms with Gasteiger partial charge in [-0.05, 0) is 24.3 Å². The number of rotatable bonds is 4. The van der Waals surface area contributed by atoms with Crippen molar-refractivity contribution in [2.24, 2.45) is 0 Å². The van der Waals surface area contributed by atoms with Gasteiger partial charge in [0.05, 0.1) is 38.4 Å². The Kier molecular flexibility index (Phi) is 4.71. The molecule has 1 aromatic rings. The van der Waals surface area contributed by atoms with E-state index >= 15 is 0 Å². The van der Waals surface area contributed by atoms with Crippen LogP contribution in [0.2, 0.25) is 0 Å². The van der Waals surface area contributed by atoms with E-state index in [1.807, 2.05) is 0 Å². The minimum absolute atomic E-state index is 0.135. The number of carboxylic acids is 1. The van der Waals surface area contributed by atoms with Crippen molar-refractivity contribution in [2.45, 2.75) is 12.5 Å². The van der Waals surface area contributed by atoms with E-state index in [1.54, 1.807) is 36.3 Å². The van der Waals surface area contributed by atoms with Crippen LogP contribution in [-0.2, 0) is 14.3 Å². The average molecular weight is 333 g/mol. The van der Waals surface area contributed by atoms with Crippen molar-refractivity contribution in [1.29, 1.82) is 0 Å². The van der Waals surface area contributed by atoms with Crippen LogP contribution in [0.5, 0.6) is 11.5 Å². The molecule has 24 heavy (non-hydrogen) atoms. The maximum Gasteiger partial charge on any atom is 0.305 e. The predicted octanol–water partition coefficient (Wildman–Crippen LogP) is 1.17. The normalized spacial score (nSPS) is 19.8. The first-order valence-electron chi connectivity index (χ1n) is 7.70. The molecule has 2 aliphatic heterocycles. The van der Waals surface area contributed by atoms with E-state index < -0.39 is 12.0 Å². The van der Waals surface area contributed by atoms with Gasteiger partial charge in [0.1, 0.15) is 18.1 Å². The number of nitrogens with zero attached hydrogens (tertiary/aromatic N) is 1. The highest BCUT2D eigenvalue weighted by molar-refractivity contribution is 5.99. The van der Waals surface area contributed by atoms with Gasteiger partial charge in [0, 0.05) is 12.1 Å². The Morgan fingerprint density at radius 1 is 1.42 bits per heavy atom. The van der Waals surface area contributed by atoms with Gasteiger partial charge in [-0.1, -0.05) is 0 Å². The van der Waals surface area contributed by atoms with Crippen LogP contribution in [0.1, 0.15) is 12.0 Å². The molecule has 0 aliphatic carbocycles. The van der Waals surface area contributed by atoms with Crippen LogP contribution >= 0.6 is 0 Å². The van der Waals surface area contributed by atoms with Crippen molar-refractivity contribution < 1.29 is 28.9 Å². The number of ether oxygens (including phenoxy) is 3. The molecule has 7 heteroatoms. The number of aliphatic carboxylic acids is 1. The van der Waals surface area contributed by atoms with Crippen LogP contribution in [0.25, 0.3) is 6.08 Å². The number of fused-ring (bicyclic) bond motifs is 1. The molecule has 1 fully saturated rings. The molecule has 0 aromatic heterocycles. The van der Waals surface area contributed by atoms with Crippen molar-refractivity contribution in [1.82, 2.24) is 4.90 Å². The molecular formula is C17H19NO6.